The van der Waals surface area contributed by atoms with E-state index >= 15 is 0 Å². The molecular weight excluding hydrogens is 440 g/mol. The molecular formula is C24H20F4N2O3. The van der Waals surface area contributed by atoms with Crippen molar-refractivity contribution < 1.29 is 31.9 Å². The molecule has 172 valence electrons. The van der Waals surface area contributed by atoms with E-state index in [4.69, 9.17) is 4.74 Å². The Hall–Kier alpha value is -3.88. The van der Waals surface area contributed by atoms with Crippen molar-refractivity contribution in [1.82, 2.24) is 0 Å². The van der Waals surface area contributed by atoms with Crippen molar-refractivity contribution in [3.8, 4) is 5.75 Å². The molecule has 0 atom stereocenters. The topological polar surface area (TPSA) is 67.4 Å². The minimum Gasteiger partial charge on any atom is -0.483 e. The lowest BCUT2D eigenvalue weighted by Crippen LogP contribution is -2.23. The highest BCUT2D eigenvalue weighted by molar-refractivity contribution is 6.04. The van der Waals surface area contributed by atoms with Gasteiger partial charge >= 0.3 is 6.18 Å². The van der Waals surface area contributed by atoms with Crippen LogP contribution in [0.5, 0.6) is 5.75 Å². The van der Waals surface area contributed by atoms with Crippen LogP contribution < -0.4 is 15.4 Å². The second kappa shape index (κ2) is 9.72. The Morgan fingerprint density at radius 2 is 1.67 bits per heavy atom. The number of carbonyl (C=O) groups excluding carboxylic acids is 2. The predicted molar refractivity (Wildman–Crippen MR) is 116 cm³/mol. The zero-order chi connectivity index (χ0) is 24.2. The Morgan fingerprint density at radius 3 is 2.33 bits per heavy atom. The van der Waals surface area contributed by atoms with E-state index in [2.05, 4.69) is 10.6 Å². The maximum absolute atomic E-state index is 13.8. The maximum atomic E-state index is 13.8. The largest absolute Gasteiger partial charge is 0.483 e. The van der Waals surface area contributed by atoms with Crippen LogP contribution in [0.4, 0.5) is 28.9 Å². The van der Waals surface area contributed by atoms with Crippen molar-refractivity contribution in [3.63, 3.8) is 0 Å². The quantitative estimate of drug-likeness (QED) is 0.462. The first-order valence-electron chi connectivity index (χ1n) is 9.81. The van der Waals surface area contributed by atoms with Crippen LogP contribution in [0.15, 0.2) is 60.7 Å². The van der Waals surface area contributed by atoms with Crippen molar-refractivity contribution >= 4 is 23.2 Å². The number of nitrogens with one attached hydrogen (secondary N) is 2. The summed E-state index contributed by atoms with van der Waals surface area (Å²) in [6.45, 7) is 3.19. The number of rotatable bonds is 6. The van der Waals surface area contributed by atoms with Gasteiger partial charge in [-0.3, -0.25) is 9.59 Å². The molecule has 0 fully saturated rings. The first-order valence-corrected chi connectivity index (χ1v) is 9.81. The average molecular weight is 460 g/mol. The smallest absolute Gasteiger partial charge is 0.418 e. The fraction of sp³-hybridized carbons (Fsp3) is 0.167. The highest BCUT2D eigenvalue weighted by atomic mass is 19.4. The first-order chi connectivity index (χ1) is 15.5. The molecule has 0 spiro atoms. The van der Waals surface area contributed by atoms with E-state index in [1.54, 1.807) is 19.1 Å². The number of hydrogen-bond acceptors (Lipinski definition) is 3. The third-order valence-corrected chi connectivity index (χ3v) is 4.66. The molecule has 2 amide bonds. The minimum atomic E-state index is -4.82. The zero-order valence-corrected chi connectivity index (χ0v) is 17.7. The summed E-state index contributed by atoms with van der Waals surface area (Å²) in [4.78, 5) is 24.4. The van der Waals surface area contributed by atoms with Crippen LogP contribution in [0.3, 0.4) is 0 Å². The van der Waals surface area contributed by atoms with Crippen LogP contribution in [0.2, 0.25) is 0 Å². The van der Waals surface area contributed by atoms with Gasteiger partial charge in [0, 0.05) is 5.69 Å². The molecule has 0 unspecified atom stereocenters. The molecule has 3 aromatic rings. The van der Waals surface area contributed by atoms with Gasteiger partial charge in [-0.15, -0.1) is 0 Å². The van der Waals surface area contributed by atoms with E-state index < -0.39 is 41.7 Å². The Kier molecular flexibility index (Phi) is 7.01. The molecule has 0 aliphatic rings. The molecule has 9 heteroatoms. The molecule has 0 radical (unpaired) electrons. The number of carbonyl (C=O) groups is 2. The number of hydrogen-bond donors (Lipinski definition) is 2. The van der Waals surface area contributed by atoms with Gasteiger partial charge in [-0.1, -0.05) is 29.8 Å². The van der Waals surface area contributed by atoms with Crippen LogP contribution in [-0.4, -0.2) is 18.4 Å². The van der Waals surface area contributed by atoms with Gasteiger partial charge in [-0.25, -0.2) is 4.39 Å². The molecule has 33 heavy (non-hydrogen) atoms. The van der Waals surface area contributed by atoms with Gasteiger partial charge in [0.25, 0.3) is 11.8 Å². The van der Waals surface area contributed by atoms with Crippen molar-refractivity contribution in [2.24, 2.45) is 0 Å². The van der Waals surface area contributed by atoms with Gasteiger partial charge in [0.2, 0.25) is 0 Å². The third kappa shape index (κ3) is 6.09. The number of amides is 2. The van der Waals surface area contributed by atoms with Crippen molar-refractivity contribution in [1.29, 1.82) is 0 Å². The van der Waals surface area contributed by atoms with E-state index in [9.17, 15) is 27.2 Å². The summed E-state index contributed by atoms with van der Waals surface area (Å²) < 4.78 is 59.9. The maximum Gasteiger partial charge on any atom is 0.418 e. The van der Waals surface area contributed by atoms with Crippen LogP contribution in [0, 0.1) is 19.7 Å². The minimum absolute atomic E-state index is 0.208. The molecule has 0 heterocycles. The lowest BCUT2D eigenvalue weighted by atomic mass is 10.1. The van der Waals surface area contributed by atoms with Crippen LogP contribution >= 0.6 is 0 Å². The van der Waals surface area contributed by atoms with Gasteiger partial charge in [-0.05, 0) is 55.8 Å². The molecule has 0 saturated carbocycles. The fourth-order valence-electron chi connectivity index (χ4n) is 3.10. The van der Waals surface area contributed by atoms with Crippen LogP contribution in [0.1, 0.15) is 27.0 Å². The molecule has 3 aromatic carbocycles. The summed E-state index contributed by atoms with van der Waals surface area (Å²) in [6.07, 6.45) is -4.82. The fourth-order valence-corrected chi connectivity index (χ4v) is 3.10. The standard InChI is InChI=1S/C24H20F4N2O3/c1-14-7-10-21(15(2)11-14)33-13-22(31)30-20-9-8-16(12-18(20)24(26,27)28)29-23(32)17-5-3-4-6-19(17)25/h3-12H,13H2,1-2H3,(H,29,32)(H,30,31). The monoisotopic (exact) mass is 460 g/mol. The highest BCUT2D eigenvalue weighted by Gasteiger charge is 2.34. The molecule has 0 aliphatic heterocycles. The van der Waals surface area contributed by atoms with E-state index in [1.807, 2.05) is 13.0 Å². The van der Waals surface area contributed by atoms with Gasteiger partial charge in [0.05, 0.1) is 16.8 Å². The Bertz CT molecular complexity index is 1190. The van der Waals surface area contributed by atoms with Gasteiger partial charge < -0.3 is 15.4 Å². The first kappa shape index (κ1) is 23.8. The normalized spacial score (nSPS) is 11.1. The lowest BCUT2D eigenvalue weighted by Gasteiger charge is -2.16. The van der Waals surface area contributed by atoms with E-state index in [1.165, 1.54) is 24.3 Å². The van der Waals surface area contributed by atoms with E-state index in [0.717, 1.165) is 23.3 Å². The van der Waals surface area contributed by atoms with Gasteiger partial charge in [0.15, 0.2) is 6.61 Å². The zero-order valence-electron chi connectivity index (χ0n) is 17.7. The van der Waals surface area contributed by atoms with Gasteiger partial charge in [-0.2, -0.15) is 13.2 Å². The van der Waals surface area contributed by atoms with Crippen molar-refractivity contribution in [2.45, 2.75) is 20.0 Å². The number of benzene rings is 3. The molecule has 0 saturated heterocycles. The number of halogens is 4. The number of alkyl halides is 3. The predicted octanol–water partition coefficient (Wildman–Crippen LogP) is 5.73. The Labute approximate surface area is 187 Å². The molecule has 0 bridgehead atoms. The average Bonchev–Trinajstić information content (AvgIpc) is 2.73. The second-order valence-corrected chi connectivity index (χ2v) is 7.30. The summed E-state index contributed by atoms with van der Waals surface area (Å²) in [5.41, 5.74) is -0.406. The summed E-state index contributed by atoms with van der Waals surface area (Å²) in [5, 5.41) is 4.42. The summed E-state index contributed by atoms with van der Waals surface area (Å²) >= 11 is 0. The van der Waals surface area contributed by atoms with Gasteiger partial charge in [0.1, 0.15) is 11.6 Å². The van der Waals surface area contributed by atoms with E-state index in [-0.39, 0.29) is 11.3 Å². The van der Waals surface area contributed by atoms with Crippen LogP contribution in [-0.2, 0) is 11.0 Å². The Morgan fingerprint density at radius 1 is 0.939 bits per heavy atom. The number of ether oxygens (including phenoxy) is 1. The molecule has 0 aliphatic carbocycles. The summed E-state index contributed by atoms with van der Waals surface area (Å²) in [7, 11) is 0. The van der Waals surface area contributed by atoms with E-state index in [0.29, 0.717) is 11.8 Å². The van der Waals surface area contributed by atoms with Crippen molar-refractivity contribution in [3.05, 3.63) is 88.7 Å². The molecule has 2 N–H and O–H groups in total. The highest BCUT2D eigenvalue weighted by Crippen LogP contribution is 2.36. The second-order valence-electron chi connectivity index (χ2n) is 7.30. The van der Waals surface area contributed by atoms with Crippen LogP contribution in [0.25, 0.3) is 0 Å². The molecule has 3 rings (SSSR count). The molecule has 5 nitrogen and oxygen atoms in total. The number of aryl methyl sites for hydroxylation is 2. The molecule has 0 aromatic heterocycles. The number of anilines is 2. The van der Waals surface area contributed by atoms with Crippen molar-refractivity contribution in [2.75, 3.05) is 17.2 Å². The Balaban J connectivity index is 1.74. The SMILES string of the molecule is Cc1ccc(OCC(=O)Nc2ccc(NC(=O)c3ccccc3F)cc2C(F)(F)F)c(C)c1. The lowest BCUT2D eigenvalue weighted by molar-refractivity contribution is -0.137. The summed E-state index contributed by atoms with van der Waals surface area (Å²) in [5.74, 6) is -2.06. The summed E-state index contributed by atoms with van der Waals surface area (Å²) in [6, 6.07) is 13.2. The third-order valence-electron chi connectivity index (χ3n) is 4.66.